The van der Waals surface area contributed by atoms with Crippen LogP contribution < -0.4 is 4.74 Å². The minimum absolute atomic E-state index is 0.164. The fourth-order valence-electron chi connectivity index (χ4n) is 1.20. The van der Waals surface area contributed by atoms with Crippen molar-refractivity contribution in [3.05, 3.63) is 43.0 Å². The molecule has 0 saturated carbocycles. The van der Waals surface area contributed by atoms with Crippen LogP contribution in [-0.2, 0) is 0 Å². The molecule has 0 radical (unpaired) electrons. The van der Waals surface area contributed by atoms with Gasteiger partial charge in [0.25, 0.3) is 0 Å². The Morgan fingerprint density at radius 2 is 1.92 bits per heavy atom. The van der Waals surface area contributed by atoms with Crippen LogP contribution >= 0.6 is 0 Å². The second-order valence-electron chi connectivity index (χ2n) is 3.67. The van der Waals surface area contributed by atoms with E-state index < -0.39 is 0 Å². The van der Waals surface area contributed by atoms with Gasteiger partial charge in [-0.05, 0) is 26.0 Å². The van der Waals surface area contributed by atoms with Crippen molar-refractivity contribution in [2.45, 2.75) is 25.9 Å². The average molecular weight is 176 g/mol. The molecule has 0 aliphatic heterocycles. The first-order chi connectivity index (χ1) is 6.14. The Balaban J connectivity index is 2.63. The number of hydrogen-bond acceptors (Lipinski definition) is 1. The van der Waals surface area contributed by atoms with E-state index in [-0.39, 0.29) is 5.60 Å². The third kappa shape index (κ3) is 3.32. The van der Waals surface area contributed by atoms with Gasteiger partial charge >= 0.3 is 0 Å². The fourth-order valence-corrected chi connectivity index (χ4v) is 1.20. The summed E-state index contributed by atoms with van der Waals surface area (Å²) in [6, 6.07) is 9.85. The Hall–Kier alpha value is -1.24. The summed E-state index contributed by atoms with van der Waals surface area (Å²) in [6.07, 6.45) is 2.73. The SMILES string of the molecule is C=CCC(C)(C)Oc1ccccc1. The fraction of sp³-hybridized carbons (Fsp3) is 0.333. The zero-order valence-corrected chi connectivity index (χ0v) is 8.29. The smallest absolute Gasteiger partial charge is 0.120 e. The van der Waals surface area contributed by atoms with Crippen LogP contribution in [0.2, 0.25) is 0 Å². The second kappa shape index (κ2) is 4.13. The molecule has 1 aromatic carbocycles. The molecule has 1 heteroatoms. The van der Waals surface area contributed by atoms with Crippen molar-refractivity contribution in [1.29, 1.82) is 0 Å². The van der Waals surface area contributed by atoms with E-state index in [1.165, 1.54) is 0 Å². The van der Waals surface area contributed by atoms with E-state index >= 15 is 0 Å². The number of ether oxygens (including phenoxy) is 1. The molecule has 1 aromatic rings. The predicted octanol–water partition coefficient (Wildman–Crippen LogP) is 3.42. The Labute approximate surface area is 80.0 Å². The predicted molar refractivity (Wildman–Crippen MR) is 56.0 cm³/mol. The minimum atomic E-state index is -0.164. The summed E-state index contributed by atoms with van der Waals surface area (Å²) >= 11 is 0. The van der Waals surface area contributed by atoms with E-state index in [9.17, 15) is 0 Å². The highest BCUT2D eigenvalue weighted by molar-refractivity contribution is 5.21. The van der Waals surface area contributed by atoms with Crippen molar-refractivity contribution in [2.24, 2.45) is 0 Å². The highest BCUT2D eigenvalue weighted by Crippen LogP contribution is 2.20. The molecule has 0 fully saturated rings. The van der Waals surface area contributed by atoms with Crippen LogP contribution in [0.1, 0.15) is 20.3 Å². The summed E-state index contributed by atoms with van der Waals surface area (Å²) in [5.41, 5.74) is -0.164. The molecule has 0 aromatic heterocycles. The minimum Gasteiger partial charge on any atom is -0.488 e. The Morgan fingerprint density at radius 3 is 2.46 bits per heavy atom. The maximum atomic E-state index is 5.77. The lowest BCUT2D eigenvalue weighted by atomic mass is 10.1. The molecule has 0 aliphatic carbocycles. The van der Waals surface area contributed by atoms with Crippen molar-refractivity contribution in [1.82, 2.24) is 0 Å². The molecule has 1 nitrogen and oxygen atoms in total. The maximum absolute atomic E-state index is 5.77. The van der Waals surface area contributed by atoms with E-state index in [1.807, 2.05) is 36.4 Å². The standard InChI is InChI=1S/C12H16O/c1-4-10-12(2,3)13-11-8-6-5-7-9-11/h4-9H,1,10H2,2-3H3. The second-order valence-corrected chi connectivity index (χ2v) is 3.67. The third-order valence-electron chi connectivity index (χ3n) is 1.77. The summed E-state index contributed by atoms with van der Waals surface area (Å²) in [5, 5.41) is 0. The average Bonchev–Trinajstić information content (AvgIpc) is 2.04. The van der Waals surface area contributed by atoms with Crippen molar-refractivity contribution in [2.75, 3.05) is 0 Å². The van der Waals surface area contributed by atoms with Gasteiger partial charge in [0.2, 0.25) is 0 Å². The van der Waals surface area contributed by atoms with Gasteiger partial charge < -0.3 is 4.74 Å². The molecule has 0 amide bonds. The van der Waals surface area contributed by atoms with Crippen LogP contribution in [0, 0.1) is 0 Å². The monoisotopic (exact) mass is 176 g/mol. The van der Waals surface area contributed by atoms with Crippen LogP contribution in [0.3, 0.4) is 0 Å². The number of para-hydroxylation sites is 1. The molecule has 1 rings (SSSR count). The van der Waals surface area contributed by atoms with Crippen LogP contribution in [0.4, 0.5) is 0 Å². The largest absolute Gasteiger partial charge is 0.488 e. The van der Waals surface area contributed by atoms with Crippen LogP contribution in [0.5, 0.6) is 5.75 Å². The normalized spacial score (nSPS) is 10.9. The zero-order valence-electron chi connectivity index (χ0n) is 8.29. The molecule has 0 aliphatic rings. The summed E-state index contributed by atoms with van der Waals surface area (Å²) in [7, 11) is 0. The molecule has 70 valence electrons. The highest BCUT2D eigenvalue weighted by atomic mass is 16.5. The lowest BCUT2D eigenvalue weighted by Crippen LogP contribution is -2.27. The maximum Gasteiger partial charge on any atom is 0.120 e. The Morgan fingerprint density at radius 1 is 1.31 bits per heavy atom. The van der Waals surface area contributed by atoms with E-state index in [0.29, 0.717) is 0 Å². The summed E-state index contributed by atoms with van der Waals surface area (Å²) in [5.74, 6) is 0.911. The Kier molecular flexibility index (Phi) is 3.13. The van der Waals surface area contributed by atoms with Gasteiger partial charge in [-0.3, -0.25) is 0 Å². The van der Waals surface area contributed by atoms with Gasteiger partial charge in [0, 0.05) is 6.42 Å². The molecule has 0 N–H and O–H groups in total. The van der Waals surface area contributed by atoms with Gasteiger partial charge in [0.05, 0.1) is 0 Å². The van der Waals surface area contributed by atoms with Gasteiger partial charge in [-0.1, -0.05) is 24.3 Å². The van der Waals surface area contributed by atoms with E-state index in [2.05, 4.69) is 20.4 Å². The van der Waals surface area contributed by atoms with Gasteiger partial charge in [-0.2, -0.15) is 0 Å². The van der Waals surface area contributed by atoms with Crippen molar-refractivity contribution >= 4 is 0 Å². The van der Waals surface area contributed by atoms with E-state index in [0.717, 1.165) is 12.2 Å². The lowest BCUT2D eigenvalue weighted by Gasteiger charge is -2.24. The summed E-state index contributed by atoms with van der Waals surface area (Å²) in [6.45, 7) is 7.82. The van der Waals surface area contributed by atoms with Crippen molar-refractivity contribution in [3.8, 4) is 5.75 Å². The van der Waals surface area contributed by atoms with Crippen molar-refractivity contribution in [3.63, 3.8) is 0 Å². The number of rotatable bonds is 4. The summed E-state index contributed by atoms with van der Waals surface area (Å²) in [4.78, 5) is 0. The van der Waals surface area contributed by atoms with Crippen LogP contribution in [0.25, 0.3) is 0 Å². The molecule has 0 atom stereocenters. The number of hydrogen-bond donors (Lipinski definition) is 0. The first-order valence-corrected chi connectivity index (χ1v) is 4.49. The summed E-state index contributed by atoms with van der Waals surface area (Å²) < 4.78 is 5.77. The Bertz CT molecular complexity index is 262. The van der Waals surface area contributed by atoms with Gasteiger partial charge in [-0.25, -0.2) is 0 Å². The topological polar surface area (TPSA) is 9.23 Å². The highest BCUT2D eigenvalue weighted by Gasteiger charge is 2.16. The molecular weight excluding hydrogens is 160 g/mol. The molecule has 0 bridgehead atoms. The third-order valence-corrected chi connectivity index (χ3v) is 1.77. The van der Waals surface area contributed by atoms with Crippen LogP contribution in [-0.4, -0.2) is 5.60 Å². The molecule has 0 saturated heterocycles. The molecule has 0 heterocycles. The zero-order chi connectivity index (χ0) is 9.73. The molecule has 0 unspecified atom stereocenters. The lowest BCUT2D eigenvalue weighted by molar-refractivity contribution is 0.113. The molecule has 13 heavy (non-hydrogen) atoms. The van der Waals surface area contributed by atoms with Gasteiger partial charge in [-0.15, -0.1) is 6.58 Å². The molecular formula is C12H16O. The van der Waals surface area contributed by atoms with E-state index in [1.54, 1.807) is 0 Å². The first kappa shape index (κ1) is 9.85. The number of benzene rings is 1. The van der Waals surface area contributed by atoms with Gasteiger partial charge in [0.15, 0.2) is 0 Å². The van der Waals surface area contributed by atoms with E-state index in [4.69, 9.17) is 4.74 Å². The van der Waals surface area contributed by atoms with Crippen molar-refractivity contribution < 1.29 is 4.74 Å². The quantitative estimate of drug-likeness (QED) is 0.639. The molecule has 0 spiro atoms. The van der Waals surface area contributed by atoms with Gasteiger partial charge in [0.1, 0.15) is 11.4 Å². The first-order valence-electron chi connectivity index (χ1n) is 4.49. The van der Waals surface area contributed by atoms with Crippen LogP contribution in [0.15, 0.2) is 43.0 Å².